The minimum Gasteiger partial charge on any atom is -0.491 e. The Labute approximate surface area is 165 Å². The van der Waals surface area contributed by atoms with Gasteiger partial charge >= 0.3 is 0 Å². The predicted molar refractivity (Wildman–Crippen MR) is 112 cm³/mol. The van der Waals surface area contributed by atoms with Crippen LogP contribution in [-0.2, 0) is 6.54 Å². The fourth-order valence-corrected chi connectivity index (χ4v) is 3.79. The lowest BCUT2D eigenvalue weighted by Crippen LogP contribution is -2.41. The number of H-pyrrole nitrogens is 1. The lowest BCUT2D eigenvalue weighted by molar-refractivity contribution is 0.122. The van der Waals surface area contributed by atoms with Crippen molar-refractivity contribution in [1.82, 2.24) is 15.1 Å². The molecule has 1 aliphatic heterocycles. The van der Waals surface area contributed by atoms with E-state index in [1.807, 2.05) is 18.3 Å². The van der Waals surface area contributed by atoms with Crippen LogP contribution in [-0.4, -0.2) is 52.0 Å². The summed E-state index contributed by atoms with van der Waals surface area (Å²) in [5.41, 5.74) is 3.45. The zero-order chi connectivity index (χ0) is 19.3. The highest BCUT2D eigenvalue weighted by Crippen LogP contribution is 2.22. The van der Waals surface area contributed by atoms with Crippen LogP contribution < -0.4 is 10.1 Å². The molecule has 148 valence electrons. The van der Waals surface area contributed by atoms with E-state index < -0.39 is 6.10 Å². The van der Waals surface area contributed by atoms with Gasteiger partial charge < -0.3 is 15.2 Å². The Hall–Kier alpha value is -2.57. The maximum atomic E-state index is 9.40. The quantitative estimate of drug-likeness (QED) is 0.586. The van der Waals surface area contributed by atoms with Gasteiger partial charge in [-0.05, 0) is 62.2 Å². The van der Waals surface area contributed by atoms with Crippen LogP contribution in [0.4, 0.5) is 5.69 Å². The molecular weight excluding hydrogens is 352 g/mol. The second kappa shape index (κ2) is 8.63. The smallest absolute Gasteiger partial charge is 0.119 e. The fraction of sp³-hybridized carbons (Fsp3) is 0.409. The average molecular weight is 380 g/mol. The number of rotatable bonds is 7. The molecule has 2 atom stereocenters. The molecule has 4 rings (SSSR count). The number of hydrogen-bond acceptors (Lipinski definition) is 5. The van der Waals surface area contributed by atoms with E-state index in [4.69, 9.17) is 4.74 Å². The SMILES string of the molecule is CC(O)COc1cccc(CN2CCCC(Nc3ccc4[nH]ncc4c3)C2)c1. The Kier molecular flexibility index (Phi) is 5.78. The molecule has 3 aromatic rings. The number of benzene rings is 2. The number of aliphatic hydroxyl groups excluding tert-OH is 1. The Balaban J connectivity index is 1.35. The molecule has 0 saturated carbocycles. The molecule has 0 amide bonds. The summed E-state index contributed by atoms with van der Waals surface area (Å²) < 4.78 is 5.64. The first-order chi connectivity index (χ1) is 13.7. The second-order valence-electron chi connectivity index (χ2n) is 7.70. The van der Waals surface area contributed by atoms with Gasteiger partial charge in [-0.25, -0.2) is 0 Å². The van der Waals surface area contributed by atoms with Crippen molar-refractivity contribution in [3.8, 4) is 5.75 Å². The molecule has 0 bridgehead atoms. The van der Waals surface area contributed by atoms with Crippen molar-refractivity contribution < 1.29 is 9.84 Å². The van der Waals surface area contributed by atoms with Gasteiger partial charge in [-0.15, -0.1) is 0 Å². The first-order valence-corrected chi connectivity index (χ1v) is 9.97. The molecule has 6 nitrogen and oxygen atoms in total. The molecule has 1 aliphatic rings. The summed E-state index contributed by atoms with van der Waals surface area (Å²) in [7, 11) is 0. The van der Waals surface area contributed by atoms with E-state index in [1.165, 1.54) is 18.4 Å². The van der Waals surface area contributed by atoms with Gasteiger partial charge in [0.1, 0.15) is 12.4 Å². The van der Waals surface area contributed by atoms with Crippen LogP contribution in [0.3, 0.4) is 0 Å². The van der Waals surface area contributed by atoms with Crippen LogP contribution in [0, 0.1) is 0 Å². The maximum Gasteiger partial charge on any atom is 0.119 e. The number of fused-ring (bicyclic) bond motifs is 1. The lowest BCUT2D eigenvalue weighted by atomic mass is 10.0. The molecule has 28 heavy (non-hydrogen) atoms. The van der Waals surface area contributed by atoms with Crippen molar-refractivity contribution in [3.63, 3.8) is 0 Å². The van der Waals surface area contributed by atoms with Crippen LogP contribution in [0.5, 0.6) is 5.75 Å². The third-order valence-electron chi connectivity index (χ3n) is 5.11. The summed E-state index contributed by atoms with van der Waals surface area (Å²) in [5.74, 6) is 0.818. The van der Waals surface area contributed by atoms with Gasteiger partial charge in [-0.3, -0.25) is 10.00 Å². The van der Waals surface area contributed by atoms with Crippen molar-refractivity contribution >= 4 is 16.6 Å². The van der Waals surface area contributed by atoms with E-state index in [1.54, 1.807) is 6.92 Å². The number of hydrogen-bond donors (Lipinski definition) is 3. The molecule has 0 radical (unpaired) electrons. The van der Waals surface area contributed by atoms with Crippen molar-refractivity contribution in [2.24, 2.45) is 0 Å². The third kappa shape index (κ3) is 4.82. The van der Waals surface area contributed by atoms with Crippen molar-refractivity contribution in [3.05, 3.63) is 54.2 Å². The minimum absolute atomic E-state index is 0.320. The number of anilines is 1. The highest BCUT2D eigenvalue weighted by Gasteiger charge is 2.20. The molecule has 1 fully saturated rings. The topological polar surface area (TPSA) is 73.4 Å². The molecule has 2 unspecified atom stereocenters. The second-order valence-corrected chi connectivity index (χ2v) is 7.70. The van der Waals surface area contributed by atoms with E-state index in [-0.39, 0.29) is 0 Å². The van der Waals surface area contributed by atoms with Crippen molar-refractivity contribution in [2.75, 3.05) is 25.0 Å². The molecule has 3 N–H and O–H groups in total. The first-order valence-electron chi connectivity index (χ1n) is 9.97. The molecule has 1 aromatic heterocycles. The molecule has 0 aliphatic carbocycles. The number of aromatic nitrogens is 2. The lowest BCUT2D eigenvalue weighted by Gasteiger charge is -2.33. The van der Waals surface area contributed by atoms with E-state index in [0.29, 0.717) is 12.6 Å². The number of piperidine rings is 1. The Morgan fingerprint density at radius 1 is 1.32 bits per heavy atom. The Morgan fingerprint density at radius 2 is 2.25 bits per heavy atom. The van der Waals surface area contributed by atoms with Gasteiger partial charge in [0.05, 0.1) is 17.8 Å². The zero-order valence-corrected chi connectivity index (χ0v) is 16.3. The summed E-state index contributed by atoms with van der Waals surface area (Å²) in [4.78, 5) is 2.49. The first kappa shape index (κ1) is 18.8. The van der Waals surface area contributed by atoms with Crippen LogP contribution in [0.25, 0.3) is 10.9 Å². The summed E-state index contributed by atoms with van der Waals surface area (Å²) in [6, 6.07) is 15.0. The Morgan fingerprint density at radius 3 is 3.14 bits per heavy atom. The predicted octanol–water partition coefficient (Wildman–Crippen LogP) is 3.40. The van der Waals surface area contributed by atoms with Crippen LogP contribution >= 0.6 is 0 Å². The zero-order valence-electron chi connectivity index (χ0n) is 16.3. The minimum atomic E-state index is -0.459. The standard InChI is InChI=1S/C22H28N4O2/c1-16(27)15-28-21-6-2-4-17(10-21)13-26-9-3-5-20(14-26)24-19-7-8-22-18(11-19)12-23-25-22/h2,4,6-8,10-12,16,20,24,27H,3,5,9,13-15H2,1H3,(H,23,25). The van der Waals surface area contributed by atoms with Crippen molar-refractivity contribution in [2.45, 2.75) is 38.5 Å². The van der Waals surface area contributed by atoms with Gasteiger partial charge in [-0.2, -0.15) is 5.10 Å². The number of nitrogens with zero attached hydrogens (tertiary/aromatic N) is 2. The molecule has 2 aromatic carbocycles. The normalized spacial score (nSPS) is 18.9. The summed E-state index contributed by atoms with van der Waals surface area (Å²) >= 11 is 0. The van der Waals surface area contributed by atoms with E-state index >= 15 is 0 Å². The maximum absolute atomic E-state index is 9.40. The number of aliphatic hydroxyl groups is 1. The van der Waals surface area contributed by atoms with Gasteiger partial charge in [0.15, 0.2) is 0 Å². The summed E-state index contributed by atoms with van der Waals surface area (Å²) in [6.45, 7) is 5.08. The summed E-state index contributed by atoms with van der Waals surface area (Å²) in [5, 5.41) is 21.3. The number of ether oxygens (including phenoxy) is 1. The van der Waals surface area contributed by atoms with Crippen LogP contribution in [0.1, 0.15) is 25.3 Å². The molecule has 0 spiro atoms. The van der Waals surface area contributed by atoms with Gasteiger partial charge in [0.2, 0.25) is 0 Å². The van der Waals surface area contributed by atoms with Crippen LogP contribution in [0.2, 0.25) is 0 Å². The van der Waals surface area contributed by atoms with Crippen molar-refractivity contribution in [1.29, 1.82) is 0 Å². The van der Waals surface area contributed by atoms with E-state index in [2.05, 4.69) is 50.7 Å². The highest BCUT2D eigenvalue weighted by molar-refractivity contribution is 5.81. The number of aromatic amines is 1. The average Bonchev–Trinajstić information content (AvgIpc) is 3.15. The third-order valence-corrected chi connectivity index (χ3v) is 5.11. The molecule has 6 heteroatoms. The largest absolute Gasteiger partial charge is 0.491 e. The monoisotopic (exact) mass is 380 g/mol. The Bertz CT molecular complexity index is 908. The number of nitrogens with one attached hydrogen (secondary N) is 2. The molecular formula is C22H28N4O2. The number of likely N-dealkylation sites (tertiary alicyclic amines) is 1. The molecule has 1 saturated heterocycles. The van der Waals surface area contributed by atoms with Crippen LogP contribution in [0.15, 0.2) is 48.7 Å². The van der Waals surface area contributed by atoms with Gasteiger partial charge in [0.25, 0.3) is 0 Å². The highest BCUT2D eigenvalue weighted by atomic mass is 16.5. The van der Waals surface area contributed by atoms with E-state index in [0.717, 1.165) is 42.0 Å². The van der Waals surface area contributed by atoms with E-state index in [9.17, 15) is 5.11 Å². The fourth-order valence-electron chi connectivity index (χ4n) is 3.79. The molecule has 2 heterocycles. The van der Waals surface area contributed by atoms with Gasteiger partial charge in [0, 0.05) is 30.2 Å². The summed E-state index contributed by atoms with van der Waals surface area (Å²) in [6.07, 6.45) is 3.76. The van der Waals surface area contributed by atoms with Gasteiger partial charge in [-0.1, -0.05) is 12.1 Å².